The third kappa shape index (κ3) is 7.44. The molecule has 1 atom stereocenters. The molecule has 98 valence electrons. The highest BCUT2D eigenvalue weighted by Crippen LogP contribution is 2.20. The fourth-order valence-corrected chi connectivity index (χ4v) is 1.90. The van der Waals surface area contributed by atoms with Crippen LogP contribution in [-0.2, 0) is 4.74 Å². The molecule has 1 fully saturated rings. The molecule has 16 heavy (non-hydrogen) atoms. The Labute approximate surface area is 105 Å². The van der Waals surface area contributed by atoms with Gasteiger partial charge < -0.3 is 15.2 Å². The Hall–Kier alpha value is 0.170. The van der Waals surface area contributed by atoms with Gasteiger partial charge in [-0.05, 0) is 25.3 Å². The summed E-state index contributed by atoms with van der Waals surface area (Å²) in [6, 6.07) is 0. The normalized spacial score (nSPS) is 18.8. The molecule has 2 N–H and O–H groups in total. The van der Waals surface area contributed by atoms with Crippen LogP contribution in [0.3, 0.4) is 0 Å². The van der Waals surface area contributed by atoms with E-state index in [0.29, 0.717) is 25.2 Å². The molecule has 0 bridgehead atoms. The van der Waals surface area contributed by atoms with Gasteiger partial charge in [-0.25, -0.2) is 0 Å². The molecule has 3 nitrogen and oxygen atoms in total. The zero-order valence-electron chi connectivity index (χ0n) is 10.4. The lowest BCUT2D eigenvalue weighted by Gasteiger charge is -2.16. The minimum atomic E-state index is -0.357. The summed E-state index contributed by atoms with van der Waals surface area (Å²) >= 11 is 0. The molecular weight excluding hydrogens is 226 g/mol. The fourth-order valence-electron chi connectivity index (χ4n) is 1.90. The van der Waals surface area contributed by atoms with E-state index in [1.165, 1.54) is 25.7 Å². The Morgan fingerprint density at radius 3 is 2.44 bits per heavy atom. The van der Waals surface area contributed by atoms with Crippen LogP contribution in [0, 0.1) is 5.92 Å². The monoisotopic (exact) mass is 251 g/mol. The third-order valence-corrected chi connectivity index (χ3v) is 2.76. The highest BCUT2D eigenvalue weighted by molar-refractivity contribution is 5.85. The van der Waals surface area contributed by atoms with Gasteiger partial charge in [0.1, 0.15) is 0 Å². The molecular formula is C12H26ClNO2. The number of ether oxygens (including phenoxy) is 1. The van der Waals surface area contributed by atoms with Crippen LogP contribution in [0.25, 0.3) is 0 Å². The van der Waals surface area contributed by atoms with Gasteiger partial charge in [-0.15, -0.1) is 12.4 Å². The molecule has 1 unspecified atom stereocenters. The Bertz CT molecular complexity index is 161. The minimum Gasteiger partial charge on any atom is -0.389 e. The van der Waals surface area contributed by atoms with Crippen LogP contribution in [0.5, 0.6) is 0 Å². The van der Waals surface area contributed by atoms with Crippen molar-refractivity contribution < 1.29 is 9.84 Å². The van der Waals surface area contributed by atoms with E-state index in [1.807, 2.05) is 0 Å². The molecule has 1 saturated carbocycles. The molecule has 0 aromatic rings. The average Bonchev–Trinajstić information content (AvgIpc) is 2.66. The molecule has 0 aromatic heterocycles. The number of hydrogen-bond donors (Lipinski definition) is 2. The van der Waals surface area contributed by atoms with Crippen LogP contribution >= 0.6 is 12.4 Å². The summed E-state index contributed by atoms with van der Waals surface area (Å²) in [4.78, 5) is 0. The summed E-state index contributed by atoms with van der Waals surface area (Å²) in [5.41, 5.74) is 0. The fraction of sp³-hybridized carbons (Fsp3) is 1.00. The van der Waals surface area contributed by atoms with Crippen molar-refractivity contribution >= 4 is 12.4 Å². The Morgan fingerprint density at radius 2 is 1.88 bits per heavy atom. The van der Waals surface area contributed by atoms with Crippen LogP contribution in [0.15, 0.2) is 0 Å². The van der Waals surface area contributed by atoms with Gasteiger partial charge in [0.05, 0.1) is 18.8 Å². The van der Waals surface area contributed by atoms with E-state index >= 15 is 0 Å². The van der Waals surface area contributed by atoms with Crippen molar-refractivity contribution in [2.75, 3.05) is 19.7 Å². The molecule has 0 aromatic carbocycles. The van der Waals surface area contributed by atoms with Crippen molar-refractivity contribution in [3.63, 3.8) is 0 Å². The number of halogens is 1. The molecule has 4 heteroatoms. The first-order valence-electron chi connectivity index (χ1n) is 6.19. The van der Waals surface area contributed by atoms with Gasteiger partial charge in [-0.2, -0.15) is 0 Å². The second-order valence-electron chi connectivity index (χ2n) is 4.95. The quantitative estimate of drug-likeness (QED) is 0.727. The SMILES string of the molecule is CC(C)CNCC(O)COC1CCCC1.Cl. The van der Waals surface area contributed by atoms with E-state index < -0.39 is 0 Å². The summed E-state index contributed by atoms with van der Waals surface area (Å²) in [6.07, 6.45) is 4.96. The third-order valence-electron chi connectivity index (χ3n) is 2.76. The highest BCUT2D eigenvalue weighted by atomic mass is 35.5. The number of rotatable bonds is 7. The lowest BCUT2D eigenvalue weighted by Crippen LogP contribution is -2.33. The van der Waals surface area contributed by atoms with Gasteiger partial charge in [0.2, 0.25) is 0 Å². The molecule has 0 radical (unpaired) electrons. The van der Waals surface area contributed by atoms with Gasteiger partial charge >= 0.3 is 0 Å². The topological polar surface area (TPSA) is 41.5 Å². The Balaban J connectivity index is 0.00000225. The Kier molecular flexibility index (Phi) is 9.32. The summed E-state index contributed by atoms with van der Waals surface area (Å²) < 4.78 is 5.63. The molecule has 0 spiro atoms. The molecule has 0 heterocycles. The molecule has 0 amide bonds. The molecule has 0 aliphatic heterocycles. The van der Waals surface area contributed by atoms with Crippen LogP contribution in [-0.4, -0.2) is 37.0 Å². The minimum absolute atomic E-state index is 0. The predicted molar refractivity (Wildman–Crippen MR) is 69.2 cm³/mol. The maximum atomic E-state index is 9.63. The zero-order chi connectivity index (χ0) is 11.1. The largest absolute Gasteiger partial charge is 0.389 e. The summed E-state index contributed by atoms with van der Waals surface area (Å²) in [5, 5.41) is 12.9. The van der Waals surface area contributed by atoms with Crippen LogP contribution in [0.4, 0.5) is 0 Å². The smallest absolute Gasteiger partial charge is 0.0897 e. The predicted octanol–water partition coefficient (Wildman–Crippen LogP) is 1.97. The van der Waals surface area contributed by atoms with E-state index in [4.69, 9.17) is 4.74 Å². The standard InChI is InChI=1S/C12H25NO2.ClH/c1-10(2)7-13-8-11(14)9-15-12-5-3-4-6-12;/h10-14H,3-9H2,1-2H3;1H. The maximum Gasteiger partial charge on any atom is 0.0897 e. The lowest BCUT2D eigenvalue weighted by atomic mass is 10.2. The average molecular weight is 252 g/mol. The van der Waals surface area contributed by atoms with Gasteiger partial charge in [-0.3, -0.25) is 0 Å². The van der Waals surface area contributed by atoms with E-state index in [9.17, 15) is 5.11 Å². The van der Waals surface area contributed by atoms with E-state index in [2.05, 4.69) is 19.2 Å². The van der Waals surface area contributed by atoms with E-state index in [0.717, 1.165) is 6.54 Å². The van der Waals surface area contributed by atoms with Gasteiger partial charge in [0.25, 0.3) is 0 Å². The maximum absolute atomic E-state index is 9.63. The van der Waals surface area contributed by atoms with Gasteiger partial charge in [-0.1, -0.05) is 26.7 Å². The summed E-state index contributed by atoms with van der Waals surface area (Å²) in [7, 11) is 0. The van der Waals surface area contributed by atoms with Crippen LogP contribution < -0.4 is 5.32 Å². The first-order valence-corrected chi connectivity index (χ1v) is 6.19. The number of nitrogens with one attached hydrogen (secondary N) is 1. The number of hydrogen-bond acceptors (Lipinski definition) is 3. The molecule has 1 rings (SSSR count). The molecule has 1 aliphatic carbocycles. The van der Waals surface area contributed by atoms with Crippen molar-refractivity contribution in [1.29, 1.82) is 0 Å². The van der Waals surface area contributed by atoms with Gasteiger partial charge in [0, 0.05) is 6.54 Å². The van der Waals surface area contributed by atoms with Crippen molar-refractivity contribution in [2.24, 2.45) is 5.92 Å². The van der Waals surface area contributed by atoms with Crippen molar-refractivity contribution in [2.45, 2.75) is 51.7 Å². The second-order valence-corrected chi connectivity index (χ2v) is 4.95. The van der Waals surface area contributed by atoms with Crippen LogP contribution in [0.2, 0.25) is 0 Å². The number of aliphatic hydroxyl groups is 1. The van der Waals surface area contributed by atoms with Crippen molar-refractivity contribution in [3.8, 4) is 0 Å². The van der Waals surface area contributed by atoms with E-state index in [-0.39, 0.29) is 18.5 Å². The zero-order valence-corrected chi connectivity index (χ0v) is 11.3. The first-order chi connectivity index (χ1) is 7.18. The summed E-state index contributed by atoms with van der Waals surface area (Å²) in [6.45, 7) is 6.41. The van der Waals surface area contributed by atoms with Crippen molar-refractivity contribution in [3.05, 3.63) is 0 Å². The molecule has 1 aliphatic rings. The molecule has 0 saturated heterocycles. The lowest BCUT2D eigenvalue weighted by molar-refractivity contribution is -0.00553. The van der Waals surface area contributed by atoms with Crippen LogP contribution in [0.1, 0.15) is 39.5 Å². The first kappa shape index (κ1) is 16.2. The van der Waals surface area contributed by atoms with Gasteiger partial charge in [0.15, 0.2) is 0 Å². The summed E-state index contributed by atoms with van der Waals surface area (Å²) in [5.74, 6) is 0.632. The van der Waals surface area contributed by atoms with E-state index in [1.54, 1.807) is 0 Å². The Morgan fingerprint density at radius 1 is 1.25 bits per heavy atom. The second kappa shape index (κ2) is 9.23. The highest BCUT2D eigenvalue weighted by Gasteiger charge is 2.16. The van der Waals surface area contributed by atoms with Crippen molar-refractivity contribution in [1.82, 2.24) is 5.32 Å². The number of aliphatic hydroxyl groups excluding tert-OH is 1.